The zero-order valence-corrected chi connectivity index (χ0v) is 19.5. The van der Waals surface area contributed by atoms with Crippen molar-refractivity contribution in [3.05, 3.63) is 54.6 Å². The number of piperidine rings is 1. The third-order valence-electron chi connectivity index (χ3n) is 5.83. The van der Waals surface area contributed by atoms with Gasteiger partial charge < -0.3 is 19.1 Å². The van der Waals surface area contributed by atoms with Crippen LogP contribution >= 0.6 is 0 Å². The summed E-state index contributed by atoms with van der Waals surface area (Å²) in [6, 6.07) is 15.8. The molecule has 0 bridgehead atoms. The first kappa shape index (κ1) is 24.1. The van der Waals surface area contributed by atoms with Gasteiger partial charge in [0.1, 0.15) is 11.5 Å². The molecule has 0 amide bonds. The van der Waals surface area contributed by atoms with Gasteiger partial charge in [0, 0.05) is 19.6 Å². The molecule has 0 atom stereocenters. The van der Waals surface area contributed by atoms with Crippen molar-refractivity contribution in [2.24, 2.45) is 0 Å². The van der Waals surface area contributed by atoms with Gasteiger partial charge in [-0.15, -0.1) is 0 Å². The van der Waals surface area contributed by atoms with Crippen LogP contribution in [-0.2, 0) is 19.4 Å². The predicted octanol–water partition coefficient (Wildman–Crippen LogP) is 3.34. The van der Waals surface area contributed by atoms with E-state index in [-0.39, 0.29) is 24.3 Å². The van der Waals surface area contributed by atoms with Crippen molar-refractivity contribution in [1.82, 2.24) is 4.90 Å². The second kappa shape index (κ2) is 10.8. The van der Waals surface area contributed by atoms with Gasteiger partial charge in [-0.3, -0.25) is 4.79 Å². The van der Waals surface area contributed by atoms with Crippen molar-refractivity contribution >= 4 is 15.8 Å². The number of carbonyl (C=O) groups is 1. The number of rotatable bonds is 10. The molecule has 1 aliphatic rings. The minimum Gasteiger partial charge on any atom is -0.497 e. The number of likely N-dealkylation sites (tertiary alicyclic amines) is 1. The molecular weight excluding hydrogens is 430 g/mol. The summed E-state index contributed by atoms with van der Waals surface area (Å²) in [4.78, 5) is 15.2. The fourth-order valence-corrected chi connectivity index (χ4v) is 5.90. The van der Waals surface area contributed by atoms with Gasteiger partial charge in [0.15, 0.2) is 14.6 Å². The molecule has 2 aromatic rings. The quantitative estimate of drug-likeness (QED) is 0.396. The molecule has 0 saturated carbocycles. The van der Waals surface area contributed by atoms with Crippen LogP contribution in [0.5, 0.6) is 11.5 Å². The number of benzene rings is 2. The van der Waals surface area contributed by atoms with Gasteiger partial charge in [0.2, 0.25) is 0 Å². The van der Waals surface area contributed by atoms with Crippen molar-refractivity contribution < 1.29 is 27.4 Å². The highest BCUT2D eigenvalue weighted by Gasteiger charge is 2.54. The second-order valence-corrected chi connectivity index (χ2v) is 10.0. The van der Waals surface area contributed by atoms with E-state index in [4.69, 9.17) is 14.2 Å². The molecule has 2 aromatic carbocycles. The number of nitrogens with zero attached hydrogens (tertiary/aromatic N) is 1. The van der Waals surface area contributed by atoms with Crippen molar-refractivity contribution in [3.63, 3.8) is 0 Å². The highest BCUT2D eigenvalue weighted by atomic mass is 32.2. The van der Waals surface area contributed by atoms with Crippen molar-refractivity contribution in [3.8, 4) is 11.5 Å². The lowest BCUT2D eigenvalue weighted by Gasteiger charge is -2.39. The summed E-state index contributed by atoms with van der Waals surface area (Å²) in [5, 5.41) is 0. The highest BCUT2D eigenvalue weighted by molar-refractivity contribution is 7.93. The summed E-state index contributed by atoms with van der Waals surface area (Å²) in [6.07, 6.45) is 1.20. The van der Waals surface area contributed by atoms with Gasteiger partial charge >= 0.3 is 5.97 Å². The van der Waals surface area contributed by atoms with Gasteiger partial charge in [-0.05, 0) is 62.6 Å². The van der Waals surface area contributed by atoms with E-state index in [0.29, 0.717) is 25.4 Å². The first-order valence-corrected chi connectivity index (χ1v) is 12.4. The Balaban J connectivity index is 1.66. The van der Waals surface area contributed by atoms with Crippen LogP contribution in [0.25, 0.3) is 0 Å². The number of hydrogen-bond donors (Lipinski definition) is 0. The minimum atomic E-state index is -3.94. The molecule has 0 spiro atoms. The average Bonchev–Trinajstić information content (AvgIpc) is 2.83. The van der Waals surface area contributed by atoms with Crippen LogP contribution < -0.4 is 9.47 Å². The van der Waals surface area contributed by atoms with Crippen molar-refractivity contribution in [2.75, 3.05) is 40.0 Å². The van der Waals surface area contributed by atoms with Gasteiger partial charge in [0.25, 0.3) is 0 Å². The van der Waals surface area contributed by atoms with Crippen LogP contribution in [-0.4, -0.2) is 64.0 Å². The zero-order valence-electron chi connectivity index (χ0n) is 18.7. The monoisotopic (exact) mass is 461 g/mol. The Morgan fingerprint density at radius 2 is 1.66 bits per heavy atom. The summed E-state index contributed by atoms with van der Waals surface area (Å²) in [5.41, 5.74) is 0. The second-order valence-electron chi connectivity index (χ2n) is 7.75. The van der Waals surface area contributed by atoms with E-state index in [1.807, 2.05) is 30.3 Å². The lowest BCUT2D eigenvalue weighted by molar-refractivity contribution is -0.147. The predicted molar refractivity (Wildman–Crippen MR) is 122 cm³/mol. The fraction of sp³-hybridized carbons (Fsp3) is 0.458. The van der Waals surface area contributed by atoms with E-state index in [2.05, 4.69) is 4.90 Å². The molecule has 7 nitrogen and oxygen atoms in total. The van der Waals surface area contributed by atoms with Gasteiger partial charge in [-0.1, -0.05) is 18.2 Å². The molecule has 174 valence electrons. The van der Waals surface area contributed by atoms with Crippen LogP contribution in [0.3, 0.4) is 0 Å². The average molecular weight is 462 g/mol. The fourth-order valence-electron chi connectivity index (χ4n) is 3.96. The molecule has 0 radical (unpaired) electrons. The van der Waals surface area contributed by atoms with E-state index in [9.17, 15) is 13.2 Å². The lowest BCUT2D eigenvalue weighted by atomic mass is 9.95. The maximum atomic E-state index is 13.6. The Kier molecular flexibility index (Phi) is 8.15. The summed E-state index contributed by atoms with van der Waals surface area (Å²) < 4.78 is 41.7. The topological polar surface area (TPSA) is 82.1 Å². The maximum absolute atomic E-state index is 13.6. The Morgan fingerprint density at radius 3 is 2.25 bits per heavy atom. The van der Waals surface area contributed by atoms with Gasteiger partial charge in [-0.25, -0.2) is 8.42 Å². The van der Waals surface area contributed by atoms with Gasteiger partial charge in [0.05, 0.1) is 25.2 Å². The van der Waals surface area contributed by atoms with Gasteiger partial charge in [-0.2, -0.15) is 0 Å². The molecule has 0 aliphatic carbocycles. The van der Waals surface area contributed by atoms with Crippen LogP contribution in [0, 0.1) is 0 Å². The Hall–Kier alpha value is -2.58. The van der Waals surface area contributed by atoms with E-state index in [0.717, 1.165) is 18.7 Å². The summed E-state index contributed by atoms with van der Waals surface area (Å²) >= 11 is 0. The Morgan fingerprint density at radius 1 is 1.00 bits per heavy atom. The zero-order chi connectivity index (χ0) is 23.0. The largest absolute Gasteiger partial charge is 0.497 e. The number of ether oxygens (including phenoxy) is 3. The van der Waals surface area contributed by atoms with E-state index in [1.54, 1.807) is 19.1 Å². The first-order valence-electron chi connectivity index (χ1n) is 10.9. The smallest absolute Gasteiger partial charge is 0.327 e. The number of methoxy groups -OCH3 is 1. The molecule has 1 saturated heterocycles. The third kappa shape index (κ3) is 5.24. The third-order valence-corrected chi connectivity index (χ3v) is 8.32. The summed E-state index contributed by atoms with van der Waals surface area (Å²) in [5.74, 6) is 0.725. The molecule has 1 fully saturated rings. The molecule has 0 aromatic heterocycles. The Bertz CT molecular complexity index is 967. The number of hydrogen-bond acceptors (Lipinski definition) is 7. The number of esters is 1. The molecule has 3 rings (SSSR count). The summed E-state index contributed by atoms with van der Waals surface area (Å²) in [6.45, 7) is 4.17. The Labute approximate surface area is 190 Å². The molecule has 1 aliphatic heterocycles. The number of carbonyl (C=O) groups excluding carboxylic acids is 1. The number of para-hydroxylation sites is 1. The molecule has 8 heteroatoms. The van der Waals surface area contributed by atoms with E-state index < -0.39 is 20.6 Å². The standard InChI is InChI=1S/C24H31NO6S/c1-3-30-23(26)24(32(27,28)22-12-10-20(29-2)11-13-22)14-17-25(18-15-24)16-7-19-31-21-8-5-4-6-9-21/h4-6,8-13H,3,7,14-19H2,1-2H3. The molecule has 0 N–H and O–H groups in total. The lowest BCUT2D eigenvalue weighted by Crippen LogP contribution is -2.55. The van der Waals surface area contributed by atoms with Crippen LogP contribution in [0.2, 0.25) is 0 Å². The highest BCUT2D eigenvalue weighted by Crippen LogP contribution is 2.37. The molecule has 1 heterocycles. The van der Waals surface area contributed by atoms with E-state index >= 15 is 0 Å². The SMILES string of the molecule is CCOC(=O)C1(S(=O)(=O)c2ccc(OC)cc2)CCN(CCCOc2ccccc2)CC1. The molecule has 32 heavy (non-hydrogen) atoms. The van der Waals surface area contributed by atoms with Crippen LogP contribution in [0.15, 0.2) is 59.5 Å². The maximum Gasteiger partial charge on any atom is 0.327 e. The molecular formula is C24H31NO6S. The normalized spacial score (nSPS) is 16.3. The van der Waals surface area contributed by atoms with Crippen LogP contribution in [0.1, 0.15) is 26.2 Å². The van der Waals surface area contributed by atoms with E-state index in [1.165, 1.54) is 19.2 Å². The summed E-state index contributed by atoms with van der Waals surface area (Å²) in [7, 11) is -2.42. The number of sulfone groups is 1. The van der Waals surface area contributed by atoms with Crippen LogP contribution in [0.4, 0.5) is 0 Å². The van der Waals surface area contributed by atoms with Crippen molar-refractivity contribution in [1.29, 1.82) is 0 Å². The first-order chi connectivity index (χ1) is 15.4. The minimum absolute atomic E-state index is 0.107. The van der Waals surface area contributed by atoms with Crippen molar-refractivity contribution in [2.45, 2.75) is 35.8 Å². The molecule has 0 unspecified atom stereocenters.